The molecule has 1 aliphatic carbocycles. The first-order chi connectivity index (χ1) is 8.13. The van der Waals surface area contributed by atoms with Gasteiger partial charge in [0.25, 0.3) is 0 Å². The Hall–Kier alpha value is -0.770. The number of hydrogen-bond donors (Lipinski definition) is 1. The minimum atomic E-state index is 0.189. The summed E-state index contributed by atoms with van der Waals surface area (Å²) in [6.07, 6.45) is 6.12. The fourth-order valence-electron chi connectivity index (χ4n) is 3.26. The number of rotatable bonds is 3. The van der Waals surface area contributed by atoms with Gasteiger partial charge in [0.2, 0.25) is 0 Å². The first-order valence-electron chi connectivity index (χ1n) is 6.75. The second kappa shape index (κ2) is 4.84. The van der Waals surface area contributed by atoms with Crippen molar-refractivity contribution in [2.75, 3.05) is 13.7 Å². The van der Waals surface area contributed by atoms with E-state index in [2.05, 4.69) is 23.7 Å². The third kappa shape index (κ3) is 2.15. The molecule has 0 saturated heterocycles. The van der Waals surface area contributed by atoms with Crippen LogP contribution in [0, 0.1) is 0 Å². The van der Waals surface area contributed by atoms with Crippen LogP contribution in [-0.4, -0.2) is 42.2 Å². The maximum absolute atomic E-state index is 6.07. The zero-order chi connectivity index (χ0) is 12.5. The molecule has 4 heteroatoms. The van der Waals surface area contributed by atoms with E-state index in [1.165, 1.54) is 0 Å². The average molecular weight is 239 g/mol. The number of methoxy groups -OCH3 is 1. The van der Waals surface area contributed by atoms with Crippen molar-refractivity contribution in [1.29, 1.82) is 0 Å². The van der Waals surface area contributed by atoms with Gasteiger partial charge in [-0.3, -0.25) is 4.99 Å². The Morgan fingerprint density at radius 2 is 2.18 bits per heavy atom. The summed E-state index contributed by atoms with van der Waals surface area (Å²) in [5, 5.41) is 0. The highest BCUT2D eigenvalue weighted by Crippen LogP contribution is 2.39. The fraction of sp³-hybridized carbons (Fsp3) is 0.923. The maximum atomic E-state index is 6.07. The van der Waals surface area contributed by atoms with Gasteiger partial charge in [0.05, 0.1) is 18.2 Å². The smallest absolute Gasteiger partial charge is 0.192 e. The molecule has 1 heterocycles. The van der Waals surface area contributed by atoms with E-state index in [1.807, 2.05) is 7.11 Å². The predicted molar refractivity (Wildman–Crippen MR) is 70.1 cm³/mol. The monoisotopic (exact) mass is 239 g/mol. The van der Waals surface area contributed by atoms with E-state index < -0.39 is 0 Å². The third-order valence-corrected chi connectivity index (χ3v) is 4.52. The highest BCUT2D eigenvalue weighted by atomic mass is 16.5. The number of nitrogens with two attached hydrogens (primary N) is 1. The quantitative estimate of drug-likeness (QED) is 0.816. The van der Waals surface area contributed by atoms with E-state index in [1.54, 1.807) is 0 Å². The van der Waals surface area contributed by atoms with Gasteiger partial charge in [0.1, 0.15) is 0 Å². The van der Waals surface area contributed by atoms with Crippen molar-refractivity contribution in [2.24, 2.45) is 10.7 Å². The van der Waals surface area contributed by atoms with Crippen LogP contribution in [0.4, 0.5) is 0 Å². The van der Waals surface area contributed by atoms with Crippen molar-refractivity contribution in [3.8, 4) is 0 Å². The van der Waals surface area contributed by atoms with Gasteiger partial charge in [-0.2, -0.15) is 0 Å². The Morgan fingerprint density at radius 3 is 2.71 bits per heavy atom. The summed E-state index contributed by atoms with van der Waals surface area (Å²) in [7, 11) is 1.81. The zero-order valence-corrected chi connectivity index (χ0v) is 11.3. The van der Waals surface area contributed by atoms with Gasteiger partial charge in [-0.05, 0) is 39.0 Å². The summed E-state index contributed by atoms with van der Waals surface area (Å²) in [6.45, 7) is 5.34. The van der Waals surface area contributed by atoms with E-state index in [0.717, 1.165) is 44.6 Å². The van der Waals surface area contributed by atoms with E-state index >= 15 is 0 Å². The lowest BCUT2D eigenvalue weighted by molar-refractivity contribution is 0.0142. The molecule has 0 bridgehead atoms. The van der Waals surface area contributed by atoms with Crippen LogP contribution >= 0.6 is 0 Å². The molecule has 2 aliphatic rings. The number of nitrogens with zero attached hydrogens (tertiary/aromatic N) is 2. The number of ether oxygens (including phenoxy) is 1. The summed E-state index contributed by atoms with van der Waals surface area (Å²) < 4.78 is 5.46. The summed E-state index contributed by atoms with van der Waals surface area (Å²) in [5.74, 6) is 0.746. The van der Waals surface area contributed by atoms with E-state index in [0.29, 0.717) is 12.1 Å². The molecule has 2 N–H and O–H groups in total. The molecule has 2 rings (SSSR count). The van der Waals surface area contributed by atoms with Crippen LogP contribution in [0.25, 0.3) is 0 Å². The van der Waals surface area contributed by atoms with Crippen molar-refractivity contribution < 1.29 is 4.74 Å². The van der Waals surface area contributed by atoms with Crippen LogP contribution in [0.5, 0.6) is 0 Å². The Labute approximate surface area is 104 Å². The average Bonchev–Trinajstić information content (AvgIpc) is 2.67. The lowest BCUT2D eigenvalue weighted by atomic mass is 9.79. The van der Waals surface area contributed by atoms with Crippen LogP contribution in [0.3, 0.4) is 0 Å². The molecular formula is C13H25N3O. The molecule has 0 aromatic rings. The molecule has 1 atom stereocenters. The molecular weight excluding hydrogens is 214 g/mol. The minimum absolute atomic E-state index is 0.189. The summed E-state index contributed by atoms with van der Waals surface area (Å²) in [5.41, 5.74) is 6.26. The SMILES string of the molecule is CCC(C)N1C(N)=NCC12CCC(OC)CC2. The molecule has 1 saturated carbocycles. The van der Waals surface area contributed by atoms with Gasteiger partial charge < -0.3 is 15.4 Å². The van der Waals surface area contributed by atoms with Gasteiger partial charge in [-0.15, -0.1) is 0 Å². The molecule has 0 aromatic heterocycles. The van der Waals surface area contributed by atoms with Crippen molar-refractivity contribution in [2.45, 2.75) is 63.6 Å². The van der Waals surface area contributed by atoms with Crippen molar-refractivity contribution in [3.63, 3.8) is 0 Å². The lowest BCUT2D eigenvalue weighted by Crippen LogP contribution is -2.57. The van der Waals surface area contributed by atoms with Gasteiger partial charge in [0, 0.05) is 13.2 Å². The predicted octanol–water partition coefficient (Wildman–Crippen LogP) is 1.74. The molecule has 0 amide bonds. The molecule has 1 unspecified atom stereocenters. The molecule has 0 aromatic carbocycles. The van der Waals surface area contributed by atoms with Gasteiger partial charge in [0.15, 0.2) is 5.96 Å². The van der Waals surface area contributed by atoms with Crippen LogP contribution in [0.2, 0.25) is 0 Å². The molecule has 17 heavy (non-hydrogen) atoms. The van der Waals surface area contributed by atoms with Gasteiger partial charge in [-0.25, -0.2) is 0 Å². The largest absolute Gasteiger partial charge is 0.381 e. The van der Waals surface area contributed by atoms with Crippen molar-refractivity contribution >= 4 is 5.96 Å². The van der Waals surface area contributed by atoms with E-state index in [9.17, 15) is 0 Å². The molecule has 4 nitrogen and oxygen atoms in total. The zero-order valence-electron chi connectivity index (χ0n) is 11.3. The van der Waals surface area contributed by atoms with E-state index in [-0.39, 0.29) is 5.54 Å². The molecule has 0 radical (unpaired) electrons. The maximum Gasteiger partial charge on any atom is 0.192 e. The van der Waals surface area contributed by atoms with Crippen LogP contribution < -0.4 is 5.73 Å². The Bertz CT molecular complexity index is 295. The first-order valence-corrected chi connectivity index (χ1v) is 6.75. The molecule has 98 valence electrons. The highest BCUT2D eigenvalue weighted by Gasteiger charge is 2.46. The second-order valence-electron chi connectivity index (χ2n) is 5.46. The summed E-state index contributed by atoms with van der Waals surface area (Å²) in [6, 6.07) is 0.486. The summed E-state index contributed by atoms with van der Waals surface area (Å²) >= 11 is 0. The molecule has 1 fully saturated rings. The third-order valence-electron chi connectivity index (χ3n) is 4.52. The fourth-order valence-corrected chi connectivity index (χ4v) is 3.26. The normalized spacial score (nSPS) is 35.1. The lowest BCUT2D eigenvalue weighted by Gasteiger charge is -2.46. The number of aliphatic imine (C=N–C) groups is 1. The minimum Gasteiger partial charge on any atom is -0.381 e. The van der Waals surface area contributed by atoms with Crippen LogP contribution in [0.15, 0.2) is 4.99 Å². The van der Waals surface area contributed by atoms with E-state index in [4.69, 9.17) is 10.5 Å². The number of guanidine groups is 1. The topological polar surface area (TPSA) is 50.8 Å². The van der Waals surface area contributed by atoms with Crippen LogP contribution in [-0.2, 0) is 4.74 Å². The standard InChI is InChI=1S/C13H25N3O/c1-4-10(2)16-12(14)15-9-13(16)7-5-11(17-3)6-8-13/h10-11H,4-9H2,1-3H3,(H2,14,15). The highest BCUT2D eigenvalue weighted by molar-refractivity contribution is 5.81. The Balaban J connectivity index is 2.10. The molecule has 1 spiro atoms. The van der Waals surface area contributed by atoms with Gasteiger partial charge in [-0.1, -0.05) is 6.92 Å². The molecule has 1 aliphatic heterocycles. The summed E-state index contributed by atoms with van der Waals surface area (Å²) in [4.78, 5) is 6.87. The Kier molecular flexibility index (Phi) is 3.61. The van der Waals surface area contributed by atoms with Crippen molar-refractivity contribution in [3.05, 3.63) is 0 Å². The van der Waals surface area contributed by atoms with Gasteiger partial charge >= 0.3 is 0 Å². The second-order valence-corrected chi connectivity index (χ2v) is 5.46. The van der Waals surface area contributed by atoms with Crippen LogP contribution in [0.1, 0.15) is 46.0 Å². The Morgan fingerprint density at radius 1 is 1.53 bits per heavy atom. The number of hydrogen-bond acceptors (Lipinski definition) is 4. The first kappa shape index (κ1) is 12.7. The van der Waals surface area contributed by atoms with Crippen molar-refractivity contribution in [1.82, 2.24) is 4.90 Å².